The summed E-state index contributed by atoms with van der Waals surface area (Å²) < 4.78 is 11.8. The number of aryl methyl sites for hydroxylation is 1. The summed E-state index contributed by atoms with van der Waals surface area (Å²) in [4.78, 5) is 14.8. The molecular formula is C21H24BrNO3. The van der Waals surface area contributed by atoms with Gasteiger partial charge in [0.2, 0.25) is 5.91 Å². The second-order valence-electron chi connectivity index (χ2n) is 6.49. The van der Waals surface area contributed by atoms with Crippen molar-refractivity contribution in [1.82, 2.24) is 4.90 Å². The Morgan fingerprint density at radius 3 is 2.69 bits per heavy atom. The second-order valence-corrected chi connectivity index (χ2v) is 7.41. The Labute approximate surface area is 163 Å². The van der Waals surface area contributed by atoms with Gasteiger partial charge in [-0.1, -0.05) is 34.1 Å². The lowest BCUT2D eigenvalue weighted by Crippen LogP contribution is -2.30. The van der Waals surface area contributed by atoms with Crippen molar-refractivity contribution in [3.8, 4) is 11.5 Å². The minimum absolute atomic E-state index is 0.116. The van der Waals surface area contributed by atoms with Gasteiger partial charge in [0, 0.05) is 17.4 Å². The van der Waals surface area contributed by atoms with E-state index in [1.807, 2.05) is 35.2 Å². The van der Waals surface area contributed by atoms with Gasteiger partial charge >= 0.3 is 0 Å². The highest BCUT2D eigenvalue weighted by molar-refractivity contribution is 9.10. The Kier molecular flexibility index (Phi) is 6.20. The molecule has 138 valence electrons. The van der Waals surface area contributed by atoms with E-state index < -0.39 is 0 Å². The molecule has 26 heavy (non-hydrogen) atoms. The van der Waals surface area contributed by atoms with Crippen LogP contribution >= 0.6 is 15.9 Å². The Morgan fingerprint density at radius 2 is 1.96 bits per heavy atom. The van der Waals surface area contributed by atoms with Gasteiger partial charge in [-0.25, -0.2) is 0 Å². The van der Waals surface area contributed by atoms with Gasteiger partial charge in [0.05, 0.1) is 20.3 Å². The van der Waals surface area contributed by atoms with Crippen LogP contribution in [0, 0.1) is 0 Å². The van der Waals surface area contributed by atoms with Gasteiger partial charge in [-0.15, -0.1) is 0 Å². The molecule has 1 fully saturated rings. The zero-order valence-corrected chi connectivity index (χ0v) is 16.8. The summed E-state index contributed by atoms with van der Waals surface area (Å²) in [7, 11) is 3.27. The number of ether oxygens (including phenoxy) is 2. The predicted molar refractivity (Wildman–Crippen MR) is 106 cm³/mol. The lowest BCUT2D eigenvalue weighted by Gasteiger charge is -2.26. The maximum atomic E-state index is 12.8. The predicted octanol–water partition coefficient (Wildman–Crippen LogP) is 4.76. The summed E-state index contributed by atoms with van der Waals surface area (Å²) >= 11 is 3.48. The number of amides is 1. The Hall–Kier alpha value is -2.01. The van der Waals surface area contributed by atoms with Crippen LogP contribution in [0.25, 0.3) is 0 Å². The van der Waals surface area contributed by atoms with E-state index in [1.54, 1.807) is 14.2 Å². The summed E-state index contributed by atoms with van der Waals surface area (Å²) in [5, 5.41) is 0. The largest absolute Gasteiger partial charge is 0.493 e. The Balaban J connectivity index is 1.70. The fourth-order valence-electron chi connectivity index (χ4n) is 3.56. The molecule has 2 aromatic rings. The number of hydrogen-bond donors (Lipinski definition) is 0. The molecule has 0 aromatic heterocycles. The van der Waals surface area contributed by atoms with Gasteiger partial charge < -0.3 is 14.4 Å². The number of carbonyl (C=O) groups is 1. The van der Waals surface area contributed by atoms with Crippen molar-refractivity contribution in [2.75, 3.05) is 20.8 Å². The van der Waals surface area contributed by atoms with E-state index in [-0.39, 0.29) is 11.9 Å². The van der Waals surface area contributed by atoms with E-state index in [4.69, 9.17) is 9.47 Å². The van der Waals surface area contributed by atoms with Crippen molar-refractivity contribution in [3.63, 3.8) is 0 Å². The molecule has 5 heteroatoms. The van der Waals surface area contributed by atoms with Gasteiger partial charge in [-0.05, 0) is 54.7 Å². The van der Waals surface area contributed by atoms with Gasteiger partial charge in [0.15, 0.2) is 11.5 Å². The van der Waals surface area contributed by atoms with E-state index in [2.05, 4.69) is 28.1 Å². The molecule has 0 bridgehead atoms. The van der Waals surface area contributed by atoms with Crippen LogP contribution in [0.15, 0.2) is 46.9 Å². The molecule has 1 saturated heterocycles. The smallest absolute Gasteiger partial charge is 0.223 e. The third-order valence-corrected chi connectivity index (χ3v) is 5.38. The highest BCUT2D eigenvalue weighted by Gasteiger charge is 2.30. The van der Waals surface area contributed by atoms with Crippen LogP contribution in [-0.2, 0) is 11.2 Å². The first-order valence-corrected chi connectivity index (χ1v) is 9.67. The van der Waals surface area contributed by atoms with Crippen molar-refractivity contribution >= 4 is 21.8 Å². The first-order chi connectivity index (χ1) is 12.6. The van der Waals surface area contributed by atoms with Gasteiger partial charge in [0.25, 0.3) is 0 Å². The molecule has 0 aliphatic carbocycles. The topological polar surface area (TPSA) is 38.8 Å². The molecule has 0 radical (unpaired) electrons. The molecule has 2 aromatic carbocycles. The lowest BCUT2D eigenvalue weighted by molar-refractivity contribution is -0.132. The summed E-state index contributed by atoms with van der Waals surface area (Å²) in [5.74, 6) is 1.63. The molecule has 1 atom stereocenters. The number of halogens is 1. The number of likely N-dealkylation sites (tertiary alicyclic amines) is 1. The van der Waals surface area contributed by atoms with Crippen LogP contribution in [-0.4, -0.2) is 31.6 Å². The number of benzene rings is 2. The SMILES string of the molecule is COc1ccc(C2CCCN2C(=O)CCc2cccc(Br)c2)cc1OC. The standard InChI is InChI=1S/C21H24BrNO3/c1-25-19-10-9-16(14-20(19)26-2)18-7-4-12-23(18)21(24)11-8-15-5-3-6-17(22)13-15/h3,5-6,9-10,13-14,18H,4,7-8,11-12H2,1-2H3. The van der Waals surface area contributed by atoms with E-state index >= 15 is 0 Å². The highest BCUT2D eigenvalue weighted by Crippen LogP contribution is 2.37. The van der Waals surface area contributed by atoms with Crippen molar-refractivity contribution in [1.29, 1.82) is 0 Å². The van der Waals surface area contributed by atoms with E-state index in [1.165, 1.54) is 5.56 Å². The second kappa shape index (κ2) is 8.58. The molecule has 0 spiro atoms. The van der Waals surface area contributed by atoms with Crippen molar-refractivity contribution in [2.45, 2.75) is 31.7 Å². The average Bonchev–Trinajstić information content (AvgIpc) is 3.15. The van der Waals surface area contributed by atoms with Gasteiger partial charge in [-0.2, -0.15) is 0 Å². The Bertz CT molecular complexity index is 778. The van der Waals surface area contributed by atoms with Crippen LogP contribution in [0.5, 0.6) is 11.5 Å². The lowest BCUT2D eigenvalue weighted by atomic mass is 10.0. The third kappa shape index (κ3) is 4.21. The van der Waals surface area contributed by atoms with Gasteiger partial charge in [0.1, 0.15) is 0 Å². The molecule has 4 nitrogen and oxygen atoms in total. The quantitative estimate of drug-likeness (QED) is 0.679. The van der Waals surface area contributed by atoms with Crippen molar-refractivity contribution in [3.05, 3.63) is 58.1 Å². The third-order valence-electron chi connectivity index (χ3n) is 4.88. The zero-order valence-electron chi connectivity index (χ0n) is 15.2. The summed E-state index contributed by atoms with van der Waals surface area (Å²) in [6, 6.07) is 14.2. The summed E-state index contributed by atoms with van der Waals surface area (Å²) in [6.07, 6.45) is 3.30. The van der Waals surface area contributed by atoms with E-state index in [0.29, 0.717) is 17.9 Å². The first-order valence-electron chi connectivity index (χ1n) is 8.88. The minimum Gasteiger partial charge on any atom is -0.493 e. The highest BCUT2D eigenvalue weighted by atomic mass is 79.9. The van der Waals surface area contributed by atoms with Crippen LogP contribution in [0.4, 0.5) is 0 Å². The van der Waals surface area contributed by atoms with Crippen molar-refractivity contribution in [2.24, 2.45) is 0 Å². The van der Waals surface area contributed by atoms with Crippen molar-refractivity contribution < 1.29 is 14.3 Å². The fraction of sp³-hybridized carbons (Fsp3) is 0.381. The van der Waals surface area contributed by atoms with Crippen LogP contribution in [0.1, 0.15) is 36.4 Å². The molecule has 0 N–H and O–H groups in total. The van der Waals surface area contributed by atoms with Crippen LogP contribution in [0.3, 0.4) is 0 Å². The average molecular weight is 418 g/mol. The maximum Gasteiger partial charge on any atom is 0.223 e. The molecule has 1 aliphatic heterocycles. The number of nitrogens with zero attached hydrogens (tertiary/aromatic N) is 1. The number of methoxy groups -OCH3 is 2. The van der Waals surface area contributed by atoms with Gasteiger partial charge in [-0.3, -0.25) is 4.79 Å². The summed E-state index contributed by atoms with van der Waals surface area (Å²) in [6.45, 7) is 0.816. The Morgan fingerprint density at radius 1 is 1.15 bits per heavy atom. The zero-order chi connectivity index (χ0) is 18.5. The minimum atomic E-state index is 0.116. The molecule has 1 aliphatic rings. The van der Waals surface area contributed by atoms with E-state index in [0.717, 1.165) is 35.8 Å². The number of rotatable bonds is 6. The van der Waals surface area contributed by atoms with Crippen LogP contribution < -0.4 is 9.47 Å². The molecule has 0 saturated carbocycles. The maximum absolute atomic E-state index is 12.8. The normalized spacial score (nSPS) is 16.6. The van der Waals surface area contributed by atoms with E-state index in [9.17, 15) is 4.79 Å². The molecule has 1 unspecified atom stereocenters. The monoisotopic (exact) mass is 417 g/mol. The molecule has 3 rings (SSSR count). The molecular weight excluding hydrogens is 394 g/mol. The summed E-state index contributed by atoms with van der Waals surface area (Å²) in [5.41, 5.74) is 2.28. The number of carbonyl (C=O) groups excluding carboxylic acids is 1. The van der Waals surface area contributed by atoms with Crippen LogP contribution in [0.2, 0.25) is 0 Å². The molecule has 1 amide bonds. The number of hydrogen-bond acceptors (Lipinski definition) is 3. The fourth-order valence-corrected chi connectivity index (χ4v) is 4.01. The first kappa shape index (κ1) is 18.8. The molecule has 1 heterocycles.